The van der Waals surface area contributed by atoms with E-state index in [-0.39, 0.29) is 28.9 Å². The maximum Gasteiger partial charge on any atom is 0.419 e. The Labute approximate surface area is 173 Å². The number of hydrogen-bond acceptors (Lipinski definition) is 7. The molecule has 0 aliphatic carbocycles. The van der Waals surface area contributed by atoms with Crippen molar-refractivity contribution in [2.75, 3.05) is 23.7 Å². The summed E-state index contributed by atoms with van der Waals surface area (Å²) < 4.78 is 40.6. The standard InChI is InChI=1S/C18H18F3N7OS/c19-18(20,21)12-9-25-16(26-11-2-1-3-22-8-11)27-14(12)10-6-13(24-7-10)15(29)28-17-23-4-5-30-17/h4-7,9,11,22,24H,1-3,8H2,(H,23,28,29)(H,25,26,27)/t11-/m0/s1. The van der Waals surface area contributed by atoms with Gasteiger partial charge in [0.05, 0.1) is 5.69 Å². The third-order valence-corrected chi connectivity index (χ3v) is 5.27. The summed E-state index contributed by atoms with van der Waals surface area (Å²) in [7, 11) is 0. The predicted molar refractivity (Wildman–Crippen MR) is 106 cm³/mol. The van der Waals surface area contributed by atoms with Crippen molar-refractivity contribution >= 4 is 28.3 Å². The molecule has 3 aromatic heterocycles. The van der Waals surface area contributed by atoms with Crippen LogP contribution in [0, 0.1) is 0 Å². The lowest BCUT2D eigenvalue weighted by molar-refractivity contribution is -0.137. The number of thiazole rings is 1. The molecule has 1 fully saturated rings. The van der Waals surface area contributed by atoms with E-state index < -0.39 is 17.6 Å². The first-order chi connectivity index (χ1) is 14.4. The number of alkyl halides is 3. The number of halogens is 3. The van der Waals surface area contributed by atoms with Crippen LogP contribution in [0.15, 0.2) is 30.0 Å². The summed E-state index contributed by atoms with van der Waals surface area (Å²) in [5.41, 5.74) is -1.04. The topological polar surface area (TPSA) is 108 Å². The fourth-order valence-corrected chi connectivity index (χ4v) is 3.67. The number of H-pyrrole nitrogens is 1. The molecule has 8 nitrogen and oxygen atoms in total. The highest BCUT2D eigenvalue weighted by Crippen LogP contribution is 2.36. The fraction of sp³-hybridized carbons (Fsp3) is 0.333. The average Bonchev–Trinajstić information content (AvgIpc) is 3.40. The quantitative estimate of drug-likeness (QED) is 0.488. The van der Waals surface area contributed by atoms with E-state index in [0.29, 0.717) is 11.7 Å². The number of hydrogen-bond donors (Lipinski definition) is 4. The van der Waals surface area contributed by atoms with E-state index in [2.05, 4.69) is 35.9 Å². The summed E-state index contributed by atoms with van der Waals surface area (Å²) in [6, 6.07) is 1.36. The van der Waals surface area contributed by atoms with Crippen LogP contribution in [0.5, 0.6) is 0 Å². The van der Waals surface area contributed by atoms with Crippen LogP contribution in [-0.4, -0.2) is 45.0 Å². The Morgan fingerprint density at radius 1 is 1.30 bits per heavy atom. The average molecular weight is 437 g/mol. The molecule has 0 spiro atoms. The van der Waals surface area contributed by atoms with E-state index in [1.165, 1.54) is 29.8 Å². The predicted octanol–water partition coefficient (Wildman–Crippen LogP) is 3.36. The van der Waals surface area contributed by atoms with E-state index in [0.717, 1.165) is 25.6 Å². The number of aromatic nitrogens is 4. The summed E-state index contributed by atoms with van der Waals surface area (Å²) in [5.74, 6) is -0.396. The lowest BCUT2D eigenvalue weighted by atomic mass is 10.1. The lowest BCUT2D eigenvalue weighted by Crippen LogP contribution is -2.38. The number of piperidine rings is 1. The zero-order valence-electron chi connectivity index (χ0n) is 15.6. The van der Waals surface area contributed by atoms with Crippen LogP contribution in [0.2, 0.25) is 0 Å². The molecule has 1 aliphatic rings. The van der Waals surface area contributed by atoms with Gasteiger partial charge in [-0.3, -0.25) is 10.1 Å². The molecule has 4 rings (SSSR count). The van der Waals surface area contributed by atoms with Crippen molar-refractivity contribution in [1.29, 1.82) is 0 Å². The number of nitrogens with zero attached hydrogens (tertiary/aromatic N) is 3. The molecular formula is C18H18F3N7OS. The summed E-state index contributed by atoms with van der Waals surface area (Å²) in [5, 5.41) is 11.0. The largest absolute Gasteiger partial charge is 0.419 e. The Morgan fingerprint density at radius 2 is 2.17 bits per heavy atom. The van der Waals surface area contributed by atoms with Gasteiger partial charge in [0.1, 0.15) is 11.3 Å². The molecule has 1 atom stereocenters. The molecule has 4 N–H and O–H groups in total. The SMILES string of the molecule is O=C(Nc1nccs1)c1cc(-c2nc(N[C@H]3CCCNC3)ncc2C(F)(F)F)c[nH]1. The molecule has 12 heteroatoms. The molecule has 158 valence electrons. The summed E-state index contributed by atoms with van der Waals surface area (Å²) in [6.45, 7) is 1.59. The molecule has 1 amide bonds. The summed E-state index contributed by atoms with van der Waals surface area (Å²) in [6.07, 6.45) is 0.816. The van der Waals surface area contributed by atoms with E-state index in [4.69, 9.17) is 0 Å². The van der Waals surface area contributed by atoms with Gasteiger partial charge in [-0.1, -0.05) is 0 Å². The van der Waals surface area contributed by atoms with Gasteiger partial charge in [-0.15, -0.1) is 11.3 Å². The van der Waals surface area contributed by atoms with Crippen molar-refractivity contribution in [3.8, 4) is 11.3 Å². The Bertz CT molecular complexity index is 1010. The van der Waals surface area contributed by atoms with Gasteiger partial charge in [0, 0.05) is 42.1 Å². The summed E-state index contributed by atoms with van der Waals surface area (Å²) >= 11 is 1.23. The van der Waals surface area contributed by atoms with Gasteiger partial charge in [-0.2, -0.15) is 13.2 Å². The first-order valence-corrected chi connectivity index (χ1v) is 10.1. The number of carbonyl (C=O) groups excluding carboxylic acids is 1. The molecule has 1 saturated heterocycles. The molecule has 0 saturated carbocycles. The highest BCUT2D eigenvalue weighted by Gasteiger charge is 2.36. The molecule has 1 aliphatic heterocycles. The maximum absolute atomic E-state index is 13.5. The van der Waals surface area contributed by atoms with Crippen LogP contribution in [0.4, 0.5) is 24.3 Å². The maximum atomic E-state index is 13.5. The van der Waals surface area contributed by atoms with Crippen LogP contribution >= 0.6 is 11.3 Å². The molecule has 4 heterocycles. The van der Waals surface area contributed by atoms with Crippen LogP contribution in [0.3, 0.4) is 0 Å². The Hall–Kier alpha value is -2.99. The normalized spacial score (nSPS) is 17.0. The summed E-state index contributed by atoms with van der Waals surface area (Å²) in [4.78, 5) is 26.9. The zero-order chi connectivity index (χ0) is 21.1. The van der Waals surface area contributed by atoms with Crippen LogP contribution in [0.1, 0.15) is 28.9 Å². The highest BCUT2D eigenvalue weighted by atomic mass is 32.1. The molecule has 30 heavy (non-hydrogen) atoms. The lowest BCUT2D eigenvalue weighted by Gasteiger charge is -2.24. The minimum Gasteiger partial charge on any atom is -0.357 e. The molecule has 0 unspecified atom stereocenters. The number of nitrogens with one attached hydrogen (secondary N) is 4. The minimum absolute atomic E-state index is 0.0363. The number of rotatable bonds is 5. The van der Waals surface area contributed by atoms with E-state index in [9.17, 15) is 18.0 Å². The third kappa shape index (κ3) is 4.60. The number of carbonyl (C=O) groups is 1. The first-order valence-electron chi connectivity index (χ1n) is 9.21. The zero-order valence-corrected chi connectivity index (χ0v) is 16.4. The van der Waals surface area contributed by atoms with Crippen molar-refractivity contribution in [3.05, 3.63) is 41.3 Å². The van der Waals surface area contributed by atoms with Crippen molar-refractivity contribution in [1.82, 2.24) is 25.3 Å². The van der Waals surface area contributed by atoms with E-state index >= 15 is 0 Å². The molecule has 0 bridgehead atoms. The van der Waals surface area contributed by atoms with Crippen molar-refractivity contribution in [2.24, 2.45) is 0 Å². The second-order valence-corrected chi connectivity index (χ2v) is 7.63. The number of anilines is 2. The van der Waals surface area contributed by atoms with Gasteiger partial charge in [-0.05, 0) is 25.5 Å². The van der Waals surface area contributed by atoms with Crippen molar-refractivity contribution in [3.63, 3.8) is 0 Å². The molecule has 3 aromatic rings. The monoisotopic (exact) mass is 437 g/mol. The Kier molecular flexibility index (Phi) is 5.68. The smallest absolute Gasteiger partial charge is 0.357 e. The van der Waals surface area contributed by atoms with Gasteiger partial charge in [0.25, 0.3) is 5.91 Å². The fourth-order valence-electron chi connectivity index (χ4n) is 3.15. The van der Waals surface area contributed by atoms with Crippen molar-refractivity contribution < 1.29 is 18.0 Å². The second-order valence-electron chi connectivity index (χ2n) is 6.73. The number of aromatic amines is 1. The van der Waals surface area contributed by atoms with Gasteiger partial charge in [0.15, 0.2) is 5.13 Å². The Balaban J connectivity index is 1.61. The highest BCUT2D eigenvalue weighted by molar-refractivity contribution is 7.13. The van der Waals surface area contributed by atoms with Gasteiger partial charge >= 0.3 is 6.18 Å². The van der Waals surface area contributed by atoms with Gasteiger partial charge in [0.2, 0.25) is 5.95 Å². The first kappa shape index (κ1) is 20.3. The van der Waals surface area contributed by atoms with Gasteiger partial charge in [-0.25, -0.2) is 15.0 Å². The van der Waals surface area contributed by atoms with Crippen LogP contribution in [-0.2, 0) is 6.18 Å². The molecular weight excluding hydrogens is 419 g/mol. The number of amides is 1. The van der Waals surface area contributed by atoms with Crippen LogP contribution < -0.4 is 16.0 Å². The van der Waals surface area contributed by atoms with Gasteiger partial charge < -0.3 is 15.6 Å². The van der Waals surface area contributed by atoms with Crippen LogP contribution in [0.25, 0.3) is 11.3 Å². The third-order valence-electron chi connectivity index (χ3n) is 4.58. The van der Waals surface area contributed by atoms with E-state index in [1.807, 2.05) is 0 Å². The minimum atomic E-state index is -4.64. The molecule has 0 aromatic carbocycles. The van der Waals surface area contributed by atoms with Crippen molar-refractivity contribution in [2.45, 2.75) is 25.1 Å². The molecule has 0 radical (unpaired) electrons. The Morgan fingerprint density at radius 3 is 2.87 bits per heavy atom. The second kappa shape index (κ2) is 8.40. The van der Waals surface area contributed by atoms with E-state index in [1.54, 1.807) is 5.38 Å².